The molecule has 0 aliphatic rings. The molecule has 9 aromatic carbocycles. The molecule has 0 fully saturated rings. The summed E-state index contributed by atoms with van der Waals surface area (Å²) >= 11 is 0. The van der Waals surface area contributed by atoms with Crippen molar-refractivity contribution in [3.05, 3.63) is 194 Å². The van der Waals surface area contributed by atoms with E-state index in [2.05, 4.69) is 191 Å². The van der Waals surface area contributed by atoms with Crippen LogP contribution in [-0.2, 0) is 0 Å². The third kappa shape index (κ3) is 4.53. The van der Waals surface area contributed by atoms with Gasteiger partial charge in [-0.15, -0.1) is 0 Å². The lowest BCUT2D eigenvalue weighted by Gasteiger charge is -2.27. The highest BCUT2D eigenvalue weighted by atomic mass is 16.3. The molecule has 12 aromatic rings. The van der Waals surface area contributed by atoms with Gasteiger partial charge in [-0.05, 0) is 95.4 Å². The molecular formula is C52H32N2O2. The fourth-order valence-electron chi connectivity index (χ4n) is 8.93. The maximum absolute atomic E-state index is 6.72. The topological polar surface area (TPSA) is 34.5 Å². The number of fused-ring (bicyclic) bond motifs is 11. The lowest BCUT2D eigenvalue weighted by atomic mass is 9.98. The van der Waals surface area contributed by atoms with Crippen LogP contribution in [0.15, 0.2) is 203 Å². The zero-order valence-corrected chi connectivity index (χ0v) is 30.2. The predicted molar refractivity (Wildman–Crippen MR) is 233 cm³/mol. The van der Waals surface area contributed by atoms with Crippen molar-refractivity contribution in [1.82, 2.24) is 4.57 Å². The van der Waals surface area contributed by atoms with Gasteiger partial charge in [0.15, 0.2) is 0 Å². The van der Waals surface area contributed by atoms with Crippen LogP contribution < -0.4 is 4.90 Å². The monoisotopic (exact) mass is 716 g/mol. The molecule has 0 aliphatic heterocycles. The van der Waals surface area contributed by atoms with Crippen molar-refractivity contribution in [2.75, 3.05) is 4.90 Å². The number of aromatic nitrogens is 1. The van der Waals surface area contributed by atoms with E-state index in [0.717, 1.165) is 83.0 Å². The van der Waals surface area contributed by atoms with E-state index in [0.29, 0.717) is 0 Å². The lowest BCUT2D eigenvalue weighted by Crippen LogP contribution is -2.10. The molecule has 262 valence electrons. The van der Waals surface area contributed by atoms with Gasteiger partial charge >= 0.3 is 0 Å². The number of benzene rings is 9. The summed E-state index contributed by atoms with van der Waals surface area (Å²) in [5.41, 5.74) is 12.4. The minimum absolute atomic E-state index is 0.850. The molecule has 4 heteroatoms. The summed E-state index contributed by atoms with van der Waals surface area (Å²) < 4.78 is 15.4. The average Bonchev–Trinajstić information content (AvgIpc) is 3.94. The van der Waals surface area contributed by atoms with Crippen LogP contribution in [-0.4, -0.2) is 4.57 Å². The quantitative estimate of drug-likeness (QED) is 0.178. The van der Waals surface area contributed by atoms with E-state index >= 15 is 0 Å². The SMILES string of the molecule is c1ccc(-n2c3ccccc3c3c(-c4cccc(N(c5ccc6oc7ccccc7c6c5)c5cccc6oc7c8ccccc8ccc7c56)c4)cccc32)cc1. The molecule has 0 saturated heterocycles. The van der Waals surface area contributed by atoms with Gasteiger partial charge in [-0.1, -0.05) is 115 Å². The molecule has 0 unspecified atom stereocenters. The van der Waals surface area contributed by atoms with Crippen molar-refractivity contribution in [3.8, 4) is 16.8 Å². The second-order valence-corrected chi connectivity index (χ2v) is 14.5. The van der Waals surface area contributed by atoms with E-state index in [9.17, 15) is 0 Å². The molecule has 0 atom stereocenters. The number of hydrogen-bond donors (Lipinski definition) is 0. The van der Waals surface area contributed by atoms with E-state index in [-0.39, 0.29) is 0 Å². The molecule has 0 radical (unpaired) electrons. The Balaban J connectivity index is 1.12. The van der Waals surface area contributed by atoms with Gasteiger partial charge in [0.1, 0.15) is 22.3 Å². The van der Waals surface area contributed by atoms with Crippen LogP contribution in [0.4, 0.5) is 17.1 Å². The molecule has 0 bridgehead atoms. The number of hydrogen-bond acceptors (Lipinski definition) is 3. The van der Waals surface area contributed by atoms with Gasteiger partial charge in [-0.2, -0.15) is 0 Å². The highest BCUT2D eigenvalue weighted by Crippen LogP contribution is 2.47. The Kier molecular flexibility index (Phi) is 6.60. The van der Waals surface area contributed by atoms with Crippen molar-refractivity contribution < 1.29 is 8.83 Å². The molecule has 3 heterocycles. The molecule has 0 saturated carbocycles. The number of para-hydroxylation sites is 3. The number of rotatable bonds is 5. The summed E-state index contributed by atoms with van der Waals surface area (Å²) in [4.78, 5) is 2.38. The van der Waals surface area contributed by atoms with Crippen molar-refractivity contribution in [2.24, 2.45) is 0 Å². The van der Waals surface area contributed by atoms with Crippen molar-refractivity contribution in [2.45, 2.75) is 0 Å². The smallest absolute Gasteiger partial charge is 0.143 e. The predicted octanol–water partition coefficient (Wildman–Crippen LogP) is 14.9. The van der Waals surface area contributed by atoms with E-state index < -0.39 is 0 Å². The van der Waals surface area contributed by atoms with Crippen molar-refractivity contribution >= 4 is 93.5 Å². The first-order valence-corrected chi connectivity index (χ1v) is 19.0. The molecule has 12 rings (SSSR count). The van der Waals surface area contributed by atoms with Crippen LogP contribution in [0.3, 0.4) is 0 Å². The maximum Gasteiger partial charge on any atom is 0.143 e. The largest absolute Gasteiger partial charge is 0.456 e. The van der Waals surface area contributed by atoms with E-state index in [1.165, 1.54) is 27.4 Å². The summed E-state index contributed by atoms with van der Waals surface area (Å²) in [5, 5.41) is 9.05. The number of furan rings is 2. The summed E-state index contributed by atoms with van der Waals surface area (Å²) in [6, 6.07) is 69.1. The standard InChI is InChI=1S/C52H32N2O2/c1-2-15-35(16-3-1)54-44-22-8-6-20-41(44)50-38(21-11-23-45(50)54)34-14-10-17-36(31-34)53(37-28-30-48-43(32-37)40-19-7-9-25-47(40)55-48)46-24-12-26-49-51(46)42-29-27-33-13-4-5-18-39(33)52(42)56-49/h1-32H. The Morgan fingerprint density at radius 1 is 0.393 bits per heavy atom. The van der Waals surface area contributed by atoms with Crippen LogP contribution in [0, 0.1) is 0 Å². The molecule has 3 aromatic heterocycles. The Hall–Kier alpha value is -7.56. The minimum atomic E-state index is 0.850. The molecule has 0 amide bonds. The molecule has 0 spiro atoms. The Bertz CT molecular complexity index is 3500. The minimum Gasteiger partial charge on any atom is -0.456 e. The Morgan fingerprint density at radius 3 is 2.04 bits per heavy atom. The zero-order chi connectivity index (χ0) is 36.7. The summed E-state index contributed by atoms with van der Waals surface area (Å²) in [6.45, 7) is 0. The fourth-order valence-corrected chi connectivity index (χ4v) is 8.93. The molecule has 0 aliphatic carbocycles. The van der Waals surface area contributed by atoms with Gasteiger partial charge in [-0.3, -0.25) is 0 Å². The first-order valence-electron chi connectivity index (χ1n) is 19.0. The van der Waals surface area contributed by atoms with Gasteiger partial charge in [0.25, 0.3) is 0 Å². The second kappa shape index (κ2) is 12.0. The fraction of sp³-hybridized carbons (Fsp3) is 0. The highest BCUT2D eigenvalue weighted by molar-refractivity contribution is 6.20. The van der Waals surface area contributed by atoms with Crippen LogP contribution >= 0.6 is 0 Å². The van der Waals surface area contributed by atoms with Crippen molar-refractivity contribution in [1.29, 1.82) is 0 Å². The summed E-state index contributed by atoms with van der Waals surface area (Å²) in [6.07, 6.45) is 0. The van der Waals surface area contributed by atoms with Gasteiger partial charge in [0.2, 0.25) is 0 Å². The van der Waals surface area contributed by atoms with Crippen molar-refractivity contribution in [3.63, 3.8) is 0 Å². The third-order valence-corrected chi connectivity index (χ3v) is 11.4. The second-order valence-electron chi connectivity index (χ2n) is 14.5. The third-order valence-electron chi connectivity index (χ3n) is 11.4. The van der Waals surface area contributed by atoms with Crippen LogP contribution in [0.5, 0.6) is 0 Å². The normalized spacial score (nSPS) is 11.9. The Labute approximate surface area is 321 Å². The van der Waals surface area contributed by atoms with Crippen LogP contribution in [0.1, 0.15) is 0 Å². The first-order chi connectivity index (χ1) is 27.8. The van der Waals surface area contributed by atoms with Gasteiger partial charge in [0.05, 0.1) is 22.1 Å². The highest BCUT2D eigenvalue weighted by Gasteiger charge is 2.23. The molecular weight excluding hydrogens is 685 g/mol. The lowest BCUT2D eigenvalue weighted by molar-refractivity contribution is 0.669. The molecule has 0 N–H and O–H groups in total. The van der Waals surface area contributed by atoms with Crippen LogP contribution in [0.2, 0.25) is 0 Å². The number of nitrogens with zero attached hydrogens (tertiary/aromatic N) is 2. The molecule has 56 heavy (non-hydrogen) atoms. The van der Waals surface area contributed by atoms with E-state index in [1.807, 2.05) is 12.1 Å². The van der Waals surface area contributed by atoms with Gasteiger partial charge in [-0.25, -0.2) is 0 Å². The van der Waals surface area contributed by atoms with E-state index in [4.69, 9.17) is 8.83 Å². The van der Waals surface area contributed by atoms with E-state index in [1.54, 1.807) is 0 Å². The summed E-state index contributed by atoms with van der Waals surface area (Å²) in [5.74, 6) is 0. The van der Waals surface area contributed by atoms with Gasteiger partial charge in [0, 0.05) is 49.4 Å². The first kappa shape index (κ1) is 30.9. The summed E-state index contributed by atoms with van der Waals surface area (Å²) in [7, 11) is 0. The average molecular weight is 717 g/mol. The maximum atomic E-state index is 6.72. The Morgan fingerprint density at radius 2 is 1.11 bits per heavy atom. The zero-order valence-electron chi connectivity index (χ0n) is 30.2. The van der Waals surface area contributed by atoms with Crippen LogP contribution in [0.25, 0.3) is 93.3 Å². The number of anilines is 3. The van der Waals surface area contributed by atoms with Gasteiger partial charge < -0.3 is 18.3 Å². The molecule has 4 nitrogen and oxygen atoms in total.